The van der Waals surface area contributed by atoms with Crippen LogP contribution in [0.15, 0.2) is 30.3 Å². The fourth-order valence-corrected chi connectivity index (χ4v) is 2.56. The lowest BCUT2D eigenvalue weighted by molar-refractivity contribution is 0.268. The summed E-state index contributed by atoms with van der Waals surface area (Å²) >= 11 is 0. The minimum absolute atomic E-state index is 0.0849. The van der Waals surface area contributed by atoms with E-state index in [2.05, 4.69) is 17.1 Å². The van der Waals surface area contributed by atoms with Gasteiger partial charge in [0, 0.05) is 12.1 Å². The van der Waals surface area contributed by atoms with Crippen molar-refractivity contribution in [1.82, 2.24) is 14.8 Å². The Morgan fingerprint density at radius 1 is 0.905 bits per heavy atom. The quantitative estimate of drug-likeness (QED) is 0.716. The number of aromatic nitrogens is 3. The lowest BCUT2D eigenvalue weighted by atomic mass is 10.1. The molecule has 2 aromatic rings. The van der Waals surface area contributed by atoms with E-state index >= 15 is 0 Å². The van der Waals surface area contributed by atoms with Gasteiger partial charge >= 0.3 is 0 Å². The third-order valence-corrected chi connectivity index (χ3v) is 3.71. The molecule has 4 nitrogen and oxygen atoms in total. The van der Waals surface area contributed by atoms with Gasteiger partial charge in [0.2, 0.25) is 0 Å². The lowest BCUT2D eigenvalue weighted by Gasteiger charge is -2.09. The highest BCUT2D eigenvalue weighted by molar-refractivity contribution is 5.33. The van der Waals surface area contributed by atoms with Gasteiger partial charge in [-0.1, -0.05) is 57.2 Å². The summed E-state index contributed by atoms with van der Waals surface area (Å²) in [6.07, 6.45) is 8.49. The molecule has 4 heteroatoms. The van der Waals surface area contributed by atoms with Gasteiger partial charge < -0.3 is 5.11 Å². The van der Waals surface area contributed by atoms with E-state index in [4.69, 9.17) is 0 Å². The molecule has 0 fully saturated rings. The van der Waals surface area contributed by atoms with Crippen molar-refractivity contribution in [2.45, 2.75) is 58.5 Å². The number of hydrogen-bond acceptors (Lipinski definition) is 3. The maximum absolute atomic E-state index is 9.44. The minimum atomic E-state index is -0.0849. The number of aryl methyl sites for hydroxylation is 1. The summed E-state index contributed by atoms with van der Waals surface area (Å²) in [5.74, 6) is 1.56. The van der Waals surface area contributed by atoms with Crippen LogP contribution in [0.4, 0.5) is 0 Å². The van der Waals surface area contributed by atoms with Crippen molar-refractivity contribution in [2.24, 2.45) is 0 Å². The van der Waals surface area contributed by atoms with E-state index in [-0.39, 0.29) is 6.61 Å². The first-order chi connectivity index (χ1) is 10.4. The first-order valence-electron chi connectivity index (χ1n) is 7.96. The maximum atomic E-state index is 9.44. The topological polar surface area (TPSA) is 50.9 Å². The molecular weight excluding hydrogens is 262 g/mol. The Kier molecular flexibility index (Phi) is 6.41. The molecule has 0 aliphatic rings. The van der Waals surface area contributed by atoms with E-state index in [9.17, 15) is 5.11 Å². The van der Waals surface area contributed by atoms with Gasteiger partial charge in [-0.3, -0.25) is 4.57 Å². The van der Waals surface area contributed by atoms with Gasteiger partial charge in [-0.2, -0.15) is 0 Å². The van der Waals surface area contributed by atoms with Crippen molar-refractivity contribution >= 4 is 0 Å². The van der Waals surface area contributed by atoms with Crippen LogP contribution in [-0.2, 0) is 13.0 Å². The van der Waals surface area contributed by atoms with Crippen molar-refractivity contribution in [3.05, 3.63) is 42.0 Å². The summed E-state index contributed by atoms with van der Waals surface area (Å²) in [6.45, 7) is 2.15. The number of unbranched alkanes of at least 4 members (excludes halogenated alkanes) is 5. The van der Waals surface area contributed by atoms with Crippen LogP contribution >= 0.6 is 0 Å². The van der Waals surface area contributed by atoms with Gasteiger partial charge in [-0.25, -0.2) is 0 Å². The predicted molar refractivity (Wildman–Crippen MR) is 84.4 cm³/mol. The minimum Gasteiger partial charge on any atom is -0.388 e. The summed E-state index contributed by atoms with van der Waals surface area (Å²) in [5.41, 5.74) is 1.02. The molecule has 0 atom stereocenters. The highest BCUT2D eigenvalue weighted by Crippen LogP contribution is 2.16. The van der Waals surface area contributed by atoms with Gasteiger partial charge in [0.15, 0.2) is 5.82 Å². The summed E-state index contributed by atoms with van der Waals surface area (Å²) in [6, 6.07) is 10.0. The number of rotatable bonds is 9. The van der Waals surface area contributed by atoms with Crippen molar-refractivity contribution in [3.8, 4) is 5.69 Å². The molecule has 114 valence electrons. The van der Waals surface area contributed by atoms with Crippen LogP contribution in [0.25, 0.3) is 5.69 Å². The Balaban J connectivity index is 1.99. The zero-order valence-corrected chi connectivity index (χ0v) is 12.8. The average Bonchev–Trinajstić information content (AvgIpc) is 2.94. The number of para-hydroxylation sites is 1. The van der Waals surface area contributed by atoms with Gasteiger partial charge in [0.1, 0.15) is 12.4 Å². The van der Waals surface area contributed by atoms with E-state index < -0.39 is 0 Å². The summed E-state index contributed by atoms with van der Waals surface area (Å²) in [7, 11) is 0. The van der Waals surface area contributed by atoms with Gasteiger partial charge in [0.05, 0.1) is 0 Å². The highest BCUT2D eigenvalue weighted by Gasteiger charge is 2.12. The van der Waals surface area contributed by atoms with Gasteiger partial charge in [-0.05, 0) is 18.6 Å². The van der Waals surface area contributed by atoms with Crippen molar-refractivity contribution in [1.29, 1.82) is 0 Å². The third-order valence-electron chi connectivity index (χ3n) is 3.71. The van der Waals surface area contributed by atoms with Crippen LogP contribution in [0, 0.1) is 0 Å². The standard InChI is InChI=1S/C17H25N3O/c1-2-3-4-5-6-10-13-16-18-19-17(14-21)20(16)15-11-8-7-9-12-15/h7-9,11-12,21H,2-6,10,13-14H2,1H3. The van der Waals surface area contributed by atoms with E-state index in [0.29, 0.717) is 5.82 Å². The number of nitrogens with zero attached hydrogens (tertiary/aromatic N) is 3. The molecule has 0 aliphatic carbocycles. The van der Waals surface area contributed by atoms with E-state index in [0.717, 1.165) is 24.4 Å². The Labute approximate surface area is 126 Å². The first kappa shape index (κ1) is 15.7. The summed E-state index contributed by atoms with van der Waals surface area (Å²) < 4.78 is 1.98. The molecule has 1 heterocycles. The molecule has 1 N–H and O–H groups in total. The zero-order valence-electron chi connectivity index (χ0n) is 12.8. The van der Waals surface area contributed by atoms with Crippen LogP contribution in [-0.4, -0.2) is 19.9 Å². The largest absolute Gasteiger partial charge is 0.388 e. The number of hydrogen-bond donors (Lipinski definition) is 1. The number of benzene rings is 1. The van der Waals surface area contributed by atoms with E-state index in [1.54, 1.807) is 0 Å². The average molecular weight is 287 g/mol. The molecule has 0 amide bonds. The molecular formula is C17H25N3O. The Morgan fingerprint density at radius 2 is 1.57 bits per heavy atom. The van der Waals surface area contributed by atoms with Crippen LogP contribution in [0.5, 0.6) is 0 Å². The molecule has 0 unspecified atom stereocenters. The smallest absolute Gasteiger partial charge is 0.163 e. The van der Waals surface area contributed by atoms with Crippen LogP contribution in [0.3, 0.4) is 0 Å². The number of aliphatic hydroxyl groups is 1. The predicted octanol–water partition coefficient (Wildman–Crippen LogP) is 3.66. The zero-order chi connectivity index (χ0) is 14.9. The lowest BCUT2D eigenvalue weighted by Crippen LogP contribution is -2.05. The fraction of sp³-hybridized carbons (Fsp3) is 0.529. The molecule has 0 aliphatic heterocycles. The summed E-state index contributed by atoms with van der Waals surface area (Å²) in [5, 5.41) is 17.8. The monoisotopic (exact) mass is 287 g/mol. The van der Waals surface area contributed by atoms with Crippen molar-refractivity contribution in [3.63, 3.8) is 0 Å². The van der Waals surface area contributed by atoms with E-state index in [1.165, 1.54) is 32.1 Å². The fourth-order valence-electron chi connectivity index (χ4n) is 2.56. The summed E-state index contributed by atoms with van der Waals surface area (Å²) in [4.78, 5) is 0. The van der Waals surface area contributed by atoms with Crippen molar-refractivity contribution < 1.29 is 5.11 Å². The molecule has 0 radical (unpaired) electrons. The Morgan fingerprint density at radius 3 is 2.29 bits per heavy atom. The molecule has 21 heavy (non-hydrogen) atoms. The second-order valence-corrected chi connectivity index (χ2v) is 5.38. The van der Waals surface area contributed by atoms with E-state index in [1.807, 2.05) is 34.9 Å². The van der Waals surface area contributed by atoms with Crippen molar-refractivity contribution in [2.75, 3.05) is 0 Å². The normalized spacial score (nSPS) is 11.0. The van der Waals surface area contributed by atoms with Gasteiger partial charge in [0.25, 0.3) is 0 Å². The molecule has 0 saturated heterocycles. The number of aliphatic hydroxyl groups excluding tert-OH is 1. The van der Waals surface area contributed by atoms with Crippen LogP contribution in [0.1, 0.15) is 57.1 Å². The second kappa shape index (κ2) is 8.57. The molecule has 1 aromatic heterocycles. The van der Waals surface area contributed by atoms with Gasteiger partial charge in [-0.15, -0.1) is 10.2 Å². The molecule has 1 aromatic carbocycles. The third kappa shape index (κ3) is 4.39. The Hall–Kier alpha value is -1.68. The molecule has 2 rings (SSSR count). The second-order valence-electron chi connectivity index (χ2n) is 5.38. The molecule has 0 saturated carbocycles. The maximum Gasteiger partial charge on any atom is 0.163 e. The molecule has 0 bridgehead atoms. The first-order valence-corrected chi connectivity index (χ1v) is 7.96. The highest BCUT2D eigenvalue weighted by atomic mass is 16.3. The van der Waals surface area contributed by atoms with Crippen LogP contribution in [0.2, 0.25) is 0 Å². The SMILES string of the molecule is CCCCCCCCc1nnc(CO)n1-c1ccccc1. The Bertz CT molecular complexity index is 522. The molecule has 0 spiro atoms. The van der Waals surface area contributed by atoms with Crippen LogP contribution < -0.4 is 0 Å².